The van der Waals surface area contributed by atoms with Gasteiger partial charge in [-0.25, -0.2) is 19.6 Å². The molecule has 8 heterocycles. The Bertz CT molecular complexity index is 2870. The molecular formula is C58H69BrN8O8. The maximum Gasteiger partial charge on any atom is 0.410 e. The first-order chi connectivity index (χ1) is 35.6. The fourth-order valence-electron chi connectivity index (χ4n) is 10.4. The van der Waals surface area contributed by atoms with E-state index in [9.17, 15) is 28.8 Å². The number of hydrogen-bond donors (Lipinski definition) is 2. The van der Waals surface area contributed by atoms with Crippen LogP contribution in [0.1, 0.15) is 106 Å². The molecule has 2 spiro atoms. The quantitative estimate of drug-likeness (QED) is 0.188. The molecule has 0 atom stereocenters. The number of amides is 6. The van der Waals surface area contributed by atoms with Crippen LogP contribution < -0.4 is 10.6 Å². The molecule has 6 amide bonds. The summed E-state index contributed by atoms with van der Waals surface area (Å²) in [5, 5.41) is 5.90. The summed E-state index contributed by atoms with van der Waals surface area (Å²) in [4.78, 5) is 90.4. The third-order valence-electron chi connectivity index (χ3n) is 14.6. The lowest BCUT2D eigenvalue weighted by molar-refractivity contribution is -0.129. The predicted octanol–water partition coefficient (Wildman–Crippen LogP) is 9.30. The number of nitrogens with zero attached hydrogens (tertiary/aromatic N) is 6. The van der Waals surface area contributed by atoms with E-state index in [1.54, 1.807) is 34.3 Å². The largest absolute Gasteiger partial charge is 0.444 e. The van der Waals surface area contributed by atoms with E-state index in [0.717, 1.165) is 47.1 Å². The molecule has 396 valence electrons. The van der Waals surface area contributed by atoms with Crippen molar-refractivity contribution < 1.29 is 38.2 Å². The first-order valence-electron chi connectivity index (χ1n) is 25.9. The molecule has 0 aliphatic carbocycles. The highest BCUT2D eigenvalue weighted by atomic mass is 79.9. The second-order valence-electron chi connectivity index (χ2n) is 22.3. The van der Waals surface area contributed by atoms with Crippen LogP contribution in [0.5, 0.6) is 0 Å². The Morgan fingerprint density at radius 2 is 1.03 bits per heavy atom. The van der Waals surface area contributed by atoms with Crippen LogP contribution in [0.25, 0.3) is 6.08 Å². The highest BCUT2D eigenvalue weighted by Crippen LogP contribution is 2.43. The normalized spacial score (nSPS) is 18.3. The van der Waals surface area contributed by atoms with Crippen molar-refractivity contribution >= 4 is 69.5 Å². The smallest absolute Gasteiger partial charge is 0.410 e. The monoisotopic (exact) mass is 1080 g/mol. The Morgan fingerprint density at radius 3 is 1.48 bits per heavy atom. The van der Waals surface area contributed by atoms with Crippen LogP contribution in [0, 0.1) is 10.8 Å². The summed E-state index contributed by atoms with van der Waals surface area (Å²) in [5.41, 5.74) is 5.83. The van der Waals surface area contributed by atoms with E-state index in [0.29, 0.717) is 89.4 Å². The number of likely N-dealkylation sites (tertiary alicyclic amines) is 2. The summed E-state index contributed by atoms with van der Waals surface area (Å²) in [6.07, 6.45) is 12.9. The molecule has 10 rings (SSSR count). The predicted molar refractivity (Wildman–Crippen MR) is 290 cm³/mol. The zero-order valence-corrected chi connectivity index (χ0v) is 45.6. The van der Waals surface area contributed by atoms with Crippen molar-refractivity contribution in [2.24, 2.45) is 10.8 Å². The first kappa shape index (κ1) is 54.4. The van der Waals surface area contributed by atoms with Gasteiger partial charge in [0.2, 0.25) is 23.6 Å². The van der Waals surface area contributed by atoms with Gasteiger partial charge in [-0.05, 0) is 172 Å². The molecule has 0 unspecified atom stereocenters. The van der Waals surface area contributed by atoms with Gasteiger partial charge < -0.3 is 39.7 Å². The second-order valence-corrected chi connectivity index (χ2v) is 23.2. The number of carbonyl (C=O) groups excluding carboxylic acids is 6. The highest BCUT2D eigenvalue weighted by molar-refractivity contribution is 9.10. The number of fused-ring (bicyclic) bond motifs is 4. The number of hydrogen-bond acceptors (Lipinski definition) is 10. The molecular weight excluding hydrogens is 1020 g/mol. The Kier molecular flexibility index (Phi) is 16.3. The molecule has 2 N–H and O–H groups in total. The number of carbonyl (C=O) groups is 6. The van der Waals surface area contributed by atoms with E-state index in [1.165, 1.54) is 28.3 Å². The lowest BCUT2D eigenvalue weighted by Crippen LogP contribution is -2.51. The minimum Gasteiger partial charge on any atom is -0.444 e. The van der Waals surface area contributed by atoms with E-state index in [-0.39, 0.29) is 35.8 Å². The summed E-state index contributed by atoms with van der Waals surface area (Å²) in [7, 11) is 0. The summed E-state index contributed by atoms with van der Waals surface area (Å²) in [6, 6.07) is 20.5. The number of aromatic nitrogens is 2. The van der Waals surface area contributed by atoms with Gasteiger partial charge in [-0.2, -0.15) is 0 Å². The van der Waals surface area contributed by atoms with Crippen LogP contribution >= 0.6 is 15.9 Å². The summed E-state index contributed by atoms with van der Waals surface area (Å²) < 4.78 is 11.8. The number of rotatable bonds is 3. The fraction of sp³-hybridized carbons (Fsp3) is 0.448. The molecule has 2 saturated heterocycles. The topological polar surface area (TPSA) is 184 Å². The zero-order valence-electron chi connectivity index (χ0n) is 44.0. The SMILES string of the molecule is C=CC(=O)N1CCc2ccccc2C1.CC(C)(C)OC(=O)N1CCC2(CC1)Cc1cc(/C=C/C(=O)N3CCc4ccccc4C3)cnc1NC2=O.CC(C)(C)OC(=O)N1CCC2(CC1)Cc1cc(Br)cnc1NC2=O. The maximum atomic E-state index is 13.1. The van der Waals surface area contributed by atoms with Crippen molar-refractivity contribution in [1.29, 1.82) is 0 Å². The van der Waals surface area contributed by atoms with Gasteiger partial charge in [-0.3, -0.25) is 19.2 Å². The van der Waals surface area contributed by atoms with Gasteiger partial charge in [0.15, 0.2) is 0 Å². The van der Waals surface area contributed by atoms with Gasteiger partial charge in [0.1, 0.15) is 22.8 Å². The van der Waals surface area contributed by atoms with E-state index >= 15 is 0 Å². The number of halogens is 1. The molecule has 2 aromatic heterocycles. The third-order valence-corrected chi connectivity index (χ3v) is 15.1. The average molecular weight is 1090 g/mol. The van der Waals surface area contributed by atoms with Gasteiger partial charge in [-0.15, -0.1) is 0 Å². The van der Waals surface area contributed by atoms with Gasteiger partial charge in [0.05, 0.1) is 10.8 Å². The van der Waals surface area contributed by atoms with Gasteiger partial charge in [-0.1, -0.05) is 55.1 Å². The molecule has 0 radical (unpaired) electrons. The number of nitrogens with one attached hydrogen (secondary N) is 2. The standard InChI is InChI=1S/C29H34N4O4.C17H22BrN3O3.C12H13NO/c1-28(2,3)37-27(36)32-14-11-29(12-15-32)17-23-16-20(18-30-25(23)31-26(29)35)8-9-24(34)33-13-10-21-6-4-5-7-22(21)19-33;1-16(2,3)24-15(23)21-6-4-17(5-7-21)9-11-8-12(18)10-19-13(11)20-14(17)22;1-2-12(14)13-8-7-10-5-3-4-6-11(10)9-13/h4-9,16,18H,10-15,17,19H2,1-3H3,(H,30,31,35);8,10H,4-7,9H2,1-3H3,(H,19,20,22);2-6H,1,7-9H2/b9-8+;;. The number of anilines is 2. The van der Waals surface area contributed by atoms with Crippen LogP contribution in [0.2, 0.25) is 0 Å². The van der Waals surface area contributed by atoms with Crippen molar-refractivity contribution in [3.8, 4) is 0 Å². The molecule has 2 aromatic carbocycles. The summed E-state index contributed by atoms with van der Waals surface area (Å²) >= 11 is 3.43. The average Bonchev–Trinajstić information content (AvgIpc) is 3.38. The van der Waals surface area contributed by atoms with E-state index in [2.05, 4.69) is 67.4 Å². The second kappa shape index (κ2) is 22.5. The van der Waals surface area contributed by atoms with E-state index in [1.807, 2.05) is 87.7 Å². The van der Waals surface area contributed by atoms with Crippen LogP contribution in [0.15, 0.2) is 96.3 Å². The van der Waals surface area contributed by atoms with Crippen molar-refractivity contribution in [3.63, 3.8) is 0 Å². The number of benzene rings is 2. The van der Waals surface area contributed by atoms with Gasteiger partial charge in [0, 0.05) is 75.3 Å². The Hall–Kier alpha value is -6.88. The molecule has 2 fully saturated rings. The van der Waals surface area contributed by atoms with E-state index < -0.39 is 22.0 Å². The van der Waals surface area contributed by atoms with Crippen LogP contribution in [0.4, 0.5) is 21.2 Å². The number of piperidine rings is 2. The van der Waals surface area contributed by atoms with Crippen LogP contribution in [-0.4, -0.2) is 116 Å². The molecule has 4 aromatic rings. The van der Waals surface area contributed by atoms with Crippen molar-refractivity contribution in [3.05, 3.63) is 135 Å². The van der Waals surface area contributed by atoms with Crippen LogP contribution in [-0.2, 0) is 67.4 Å². The third kappa shape index (κ3) is 13.3. The number of ether oxygens (including phenoxy) is 2. The molecule has 6 aliphatic rings. The maximum absolute atomic E-state index is 13.1. The first-order valence-corrected chi connectivity index (χ1v) is 26.6. The fourth-order valence-corrected chi connectivity index (χ4v) is 10.8. The van der Waals surface area contributed by atoms with Crippen molar-refractivity contribution in [2.75, 3.05) is 49.9 Å². The molecule has 0 bridgehead atoms. The lowest BCUT2D eigenvalue weighted by atomic mass is 9.71. The van der Waals surface area contributed by atoms with Gasteiger partial charge >= 0.3 is 12.2 Å². The number of pyridine rings is 2. The Morgan fingerprint density at radius 1 is 0.600 bits per heavy atom. The Labute approximate surface area is 448 Å². The van der Waals surface area contributed by atoms with Crippen molar-refractivity contribution in [1.82, 2.24) is 29.6 Å². The Balaban J connectivity index is 0.000000167. The molecule has 17 heteroatoms. The lowest BCUT2D eigenvalue weighted by Gasteiger charge is -2.43. The zero-order chi connectivity index (χ0) is 53.7. The van der Waals surface area contributed by atoms with Crippen molar-refractivity contribution in [2.45, 2.75) is 117 Å². The van der Waals surface area contributed by atoms with Crippen LogP contribution in [0.3, 0.4) is 0 Å². The minimum absolute atomic E-state index is 0.00802. The summed E-state index contributed by atoms with van der Waals surface area (Å²) in [6.45, 7) is 19.5. The summed E-state index contributed by atoms with van der Waals surface area (Å²) in [5.74, 6) is 1.18. The van der Waals surface area contributed by atoms with E-state index in [4.69, 9.17) is 9.47 Å². The molecule has 75 heavy (non-hydrogen) atoms. The molecule has 6 aliphatic heterocycles. The van der Waals surface area contributed by atoms with Gasteiger partial charge in [0.25, 0.3) is 0 Å². The molecule has 16 nitrogen and oxygen atoms in total. The molecule has 0 saturated carbocycles. The minimum atomic E-state index is -0.577. The highest BCUT2D eigenvalue weighted by Gasteiger charge is 2.47.